The monoisotopic (exact) mass is 258 g/mol. The van der Waals surface area contributed by atoms with Gasteiger partial charge in [-0.15, -0.1) is 11.8 Å². The first-order valence-electron chi connectivity index (χ1n) is 5.40. The first kappa shape index (κ1) is 12.4. The molecule has 0 unspecified atom stereocenters. The topological polar surface area (TPSA) is 77.3 Å². The van der Waals surface area contributed by atoms with Gasteiger partial charge in [0.2, 0.25) is 0 Å². The van der Waals surface area contributed by atoms with Crippen molar-refractivity contribution in [2.45, 2.75) is 0 Å². The van der Waals surface area contributed by atoms with E-state index in [1.54, 1.807) is 12.3 Å². The van der Waals surface area contributed by atoms with Crippen LogP contribution < -0.4 is 11.5 Å². The Labute approximate surface area is 110 Å². The molecule has 4 nitrogen and oxygen atoms in total. The van der Waals surface area contributed by atoms with E-state index in [4.69, 9.17) is 11.5 Å². The van der Waals surface area contributed by atoms with E-state index in [1.807, 2.05) is 36.6 Å². The van der Waals surface area contributed by atoms with Crippen LogP contribution in [0.15, 0.2) is 52.6 Å². The summed E-state index contributed by atoms with van der Waals surface area (Å²) in [6.45, 7) is 0. The first-order chi connectivity index (χ1) is 8.70. The average molecular weight is 258 g/mol. The van der Waals surface area contributed by atoms with Crippen LogP contribution in [0.4, 0.5) is 5.69 Å². The molecule has 1 aromatic heterocycles. The molecule has 0 bridgehead atoms. The third-order valence-electron chi connectivity index (χ3n) is 2.40. The molecule has 0 atom stereocenters. The number of nitrogens with two attached hydrogens (primary N) is 2. The summed E-state index contributed by atoms with van der Waals surface area (Å²) in [7, 11) is 0. The Morgan fingerprint density at radius 3 is 2.89 bits per heavy atom. The van der Waals surface area contributed by atoms with Crippen LogP contribution in [0, 0.1) is 0 Å². The third kappa shape index (κ3) is 2.81. The highest BCUT2D eigenvalue weighted by Gasteiger charge is 2.00. The fraction of sp³-hybridized carbons (Fsp3) is 0.0769. The third-order valence-corrected chi connectivity index (χ3v) is 2.99. The van der Waals surface area contributed by atoms with E-state index in [0.29, 0.717) is 10.9 Å². The summed E-state index contributed by atoms with van der Waals surface area (Å²) in [5.41, 5.74) is 13.2. The van der Waals surface area contributed by atoms with Crippen molar-refractivity contribution < 1.29 is 0 Å². The van der Waals surface area contributed by atoms with Gasteiger partial charge in [0, 0.05) is 17.7 Å². The van der Waals surface area contributed by atoms with Crippen molar-refractivity contribution in [1.29, 1.82) is 0 Å². The van der Waals surface area contributed by atoms with Crippen LogP contribution in [0.3, 0.4) is 0 Å². The number of fused-ring (bicyclic) bond motifs is 1. The van der Waals surface area contributed by atoms with Gasteiger partial charge in [0.25, 0.3) is 0 Å². The predicted molar refractivity (Wildman–Crippen MR) is 78.8 cm³/mol. The van der Waals surface area contributed by atoms with Crippen molar-refractivity contribution in [3.63, 3.8) is 0 Å². The Balaban J connectivity index is 2.46. The molecule has 0 radical (unpaired) electrons. The second kappa shape index (κ2) is 5.55. The van der Waals surface area contributed by atoms with Gasteiger partial charge in [0.15, 0.2) is 0 Å². The second-order valence-electron chi connectivity index (χ2n) is 3.63. The van der Waals surface area contributed by atoms with Gasteiger partial charge < -0.3 is 11.5 Å². The molecular formula is C13H14N4S. The molecule has 18 heavy (non-hydrogen) atoms. The van der Waals surface area contributed by atoms with Crippen molar-refractivity contribution in [2.24, 2.45) is 16.5 Å². The van der Waals surface area contributed by atoms with Crippen LogP contribution in [0.2, 0.25) is 0 Å². The molecule has 0 aliphatic heterocycles. The Kier molecular flexibility index (Phi) is 3.84. The van der Waals surface area contributed by atoms with E-state index in [1.165, 1.54) is 11.8 Å². The molecule has 0 amide bonds. The van der Waals surface area contributed by atoms with Crippen LogP contribution in [-0.4, -0.2) is 17.1 Å². The molecule has 1 heterocycles. The zero-order valence-corrected chi connectivity index (χ0v) is 10.8. The number of amidine groups is 1. The van der Waals surface area contributed by atoms with E-state index in [2.05, 4.69) is 9.98 Å². The SMILES string of the molecule is CSC(N)=CC(N)=Nc1cccc2ncccc12. The quantitative estimate of drug-likeness (QED) is 0.654. The molecule has 0 aliphatic carbocycles. The molecule has 1 aromatic carbocycles. The molecule has 0 spiro atoms. The minimum atomic E-state index is 0.387. The van der Waals surface area contributed by atoms with Gasteiger partial charge in [-0.3, -0.25) is 4.98 Å². The zero-order valence-electron chi connectivity index (χ0n) is 10.00. The predicted octanol–water partition coefficient (Wildman–Crippen LogP) is 2.39. The standard InChI is InChI=1S/C13H14N4S/c1-18-13(15)8-12(14)17-11-6-2-5-10-9(11)4-3-7-16-10/h2-8H,15H2,1H3,(H2,14,17). The van der Waals surface area contributed by atoms with Gasteiger partial charge in [0.1, 0.15) is 5.84 Å². The summed E-state index contributed by atoms with van der Waals surface area (Å²) >= 11 is 1.43. The van der Waals surface area contributed by atoms with Crippen LogP contribution in [0.1, 0.15) is 0 Å². The maximum Gasteiger partial charge on any atom is 0.126 e. The fourth-order valence-electron chi connectivity index (χ4n) is 1.56. The van der Waals surface area contributed by atoms with Gasteiger partial charge in [-0.1, -0.05) is 6.07 Å². The lowest BCUT2D eigenvalue weighted by atomic mass is 10.2. The summed E-state index contributed by atoms with van der Waals surface area (Å²) in [5, 5.41) is 1.61. The maximum atomic E-state index is 5.83. The number of hydrogen-bond acceptors (Lipinski definition) is 4. The molecule has 0 fully saturated rings. The summed E-state index contributed by atoms with van der Waals surface area (Å²) in [4.78, 5) is 8.63. The summed E-state index contributed by atoms with van der Waals surface area (Å²) in [5.74, 6) is 0.387. The number of rotatable bonds is 3. The molecule has 0 saturated heterocycles. The van der Waals surface area contributed by atoms with E-state index in [0.717, 1.165) is 16.6 Å². The molecular weight excluding hydrogens is 244 g/mol. The Bertz CT molecular complexity index is 614. The second-order valence-corrected chi connectivity index (χ2v) is 4.51. The first-order valence-corrected chi connectivity index (χ1v) is 6.62. The normalized spacial score (nSPS) is 12.9. The highest BCUT2D eigenvalue weighted by atomic mass is 32.2. The molecule has 2 rings (SSSR count). The summed E-state index contributed by atoms with van der Waals surface area (Å²) in [6.07, 6.45) is 5.30. The van der Waals surface area contributed by atoms with Crippen LogP contribution in [0.5, 0.6) is 0 Å². The minimum Gasteiger partial charge on any atom is -0.393 e. The van der Waals surface area contributed by atoms with Crippen LogP contribution in [-0.2, 0) is 0 Å². The molecule has 0 aliphatic rings. The largest absolute Gasteiger partial charge is 0.393 e. The highest BCUT2D eigenvalue weighted by Crippen LogP contribution is 2.24. The lowest BCUT2D eigenvalue weighted by molar-refractivity contribution is 1.40. The number of benzene rings is 1. The number of aliphatic imine (C=N–C) groups is 1. The van der Waals surface area contributed by atoms with Gasteiger partial charge in [-0.25, -0.2) is 4.99 Å². The Morgan fingerprint density at radius 1 is 1.28 bits per heavy atom. The Hall–Kier alpha value is -2.01. The van der Waals surface area contributed by atoms with Gasteiger partial charge in [0.05, 0.1) is 16.2 Å². The number of aromatic nitrogens is 1. The smallest absolute Gasteiger partial charge is 0.126 e. The van der Waals surface area contributed by atoms with Crippen molar-refractivity contribution in [3.8, 4) is 0 Å². The molecule has 4 N–H and O–H groups in total. The molecule has 92 valence electrons. The van der Waals surface area contributed by atoms with Crippen LogP contribution >= 0.6 is 11.8 Å². The number of hydrogen-bond donors (Lipinski definition) is 2. The van der Waals surface area contributed by atoms with Crippen molar-refractivity contribution in [2.75, 3.05) is 6.26 Å². The fourth-order valence-corrected chi connectivity index (χ4v) is 1.80. The van der Waals surface area contributed by atoms with Gasteiger partial charge >= 0.3 is 0 Å². The lowest BCUT2D eigenvalue weighted by Crippen LogP contribution is -2.09. The molecule has 5 heteroatoms. The van der Waals surface area contributed by atoms with E-state index < -0.39 is 0 Å². The Morgan fingerprint density at radius 2 is 2.11 bits per heavy atom. The lowest BCUT2D eigenvalue weighted by Gasteiger charge is -2.02. The summed E-state index contributed by atoms with van der Waals surface area (Å²) < 4.78 is 0. The van der Waals surface area contributed by atoms with Crippen molar-refractivity contribution in [3.05, 3.63) is 47.6 Å². The highest BCUT2D eigenvalue weighted by molar-refractivity contribution is 8.02. The maximum absolute atomic E-state index is 5.83. The van der Waals surface area contributed by atoms with Gasteiger partial charge in [-0.05, 0) is 30.5 Å². The summed E-state index contributed by atoms with van der Waals surface area (Å²) in [6, 6.07) is 9.60. The van der Waals surface area contributed by atoms with E-state index in [-0.39, 0.29) is 0 Å². The molecule has 0 saturated carbocycles. The number of nitrogens with zero attached hydrogens (tertiary/aromatic N) is 2. The van der Waals surface area contributed by atoms with E-state index >= 15 is 0 Å². The van der Waals surface area contributed by atoms with Crippen molar-refractivity contribution in [1.82, 2.24) is 4.98 Å². The number of pyridine rings is 1. The molecule has 2 aromatic rings. The zero-order chi connectivity index (χ0) is 13.0. The number of thioether (sulfide) groups is 1. The van der Waals surface area contributed by atoms with E-state index in [9.17, 15) is 0 Å². The van der Waals surface area contributed by atoms with Gasteiger partial charge in [-0.2, -0.15) is 0 Å². The average Bonchev–Trinajstić information content (AvgIpc) is 2.39. The minimum absolute atomic E-state index is 0.387. The van der Waals surface area contributed by atoms with Crippen LogP contribution in [0.25, 0.3) is 10.9 Å². The van der Waals surface area contributed by atoms with Crippen molar-refractivity contribution >= 4 is 34.2 Å².